The minimum absolute atomic E-state index is 0.210. The predicted molar refractivity (Wildman–Crippen MR) is 56.7 cm³/mol. The van der Waals surface area contributed by atoms with Crippen LogP contribution in [0.25, 0.3) is 0 Å². The van der Waals surface area contributed by atoms with Gasteiger partial charge in [-0.15, -0.1) is 0 Å². The van der Waals surface area contributed by atoms with Crippen LogP contribution < -0.4 is 4.72 Å². The predicted octanol–water partition coefficient (Wildman–Crippen LogP) is -0.203. The second-order valence-electron chi connectivity index (χ2n) is 2.74. The molecule has 0 saturated carbocycles. The first-order valence-electron chi connectivity index (χ1n) is 4.06. The topological polar surface area (TPSA) is 79.3 Å². The van der Waals surface area contributed by atoms with Crippen LogP contribution in [0.2, 0.25) is 0 Å². The fourth-order valence-corrected chi connectivity index (χ4v) is 1.37. The number of hydrogen-bond donors (Lipinski definition) is 2. The largest absolute Gasteiger partial charge is 0.384 e. The third kappa shape index (κ3) is 4.44. The van der Waals surface area contributed by atoms with Crippen LogP contribution in [-0.4, -0.2) is 31.4 Å². The Balaban J connectivity index is 2.93. The van der Waals surface area contributed by atoms with E-state index in [1.165, 1.54) is 6.07 Å². The van der Waals surface area contributed by atoms with Crippen LogP contribution in [0.3, 0.4) is 0 Å². The number of sulfonamides is 1. The molecular formula is C9H10N2O3S. The average Bonchev–Trinajstić information content (AvgIpc) is 2.12. The lowest BCUT2D eigenvalue weighted by molar-refractivity contribution is 0.350. The van der Waals surface area contributed by atoms with Crippen molar-refractivity contribution in [1.29, 1.82) is 0 Å². The molecule has 0 spiro atoms. The molecule has 0 aliphatic rings. The van der Waals surface area contributed by atoms with Gasteiger partial charge in [0.2, 0.25) is 10.0 Å². The SMILES string of the molecule is CS(=O)(=O)Nc1cccc(C#CCO)n1. The van der Waals surface area contributed by atoms with Crippen molar-refractivity contribution in [2.24, 2.45) is 0 Å². The van der Waals surface area contributed by atoms with Gasteiger partial charge < -0.3 is 5.11 Å². The highest BCUT2D eigenvalue weighted by Crippen LogP contribution is 2.05. The maximum atomic E-state index is 10.9. The number of rotatable bonds is 2. The second-order valence-corrected chi connectivity index (χ2v) is 4.49. The Bertz CT molecular complexity index is 500. The van der Waals surface area contributed by atoms with Crippen LogP contribution in [-0.2, 0) is 10.0 Å². The third-order valence-electron chi connectivity index (χ3n) is 1.33. The first kappa shape index (κ1) is 11.5. The van der Waals surface area contributed by atoms with Gasteiger partial charge in [-0.1, -0.05) is 12.0 Å². The van der Waals surface area contributed by atoms with E-state index < -0.39 is 10.0 Å². The summed E-state index contributed by atoms with van der Waals surface area (Å²) >= 11 is 0. The van der Waals surface area contributed by atoms with Crippen molar-refractivity contribution in [3.8, 4) is 11.8 Å². The van der Waals surface area contributed by atoms with Crippen molar-refractivity contribution in [3.63, 3.8) is 0 Å². The number of pyridine rings is 1. The van der Waals surface area contributed by atoms with Gasteiger partial charge in [-0.3, -0.25) is 4.72 Å². The molecule has 6 heteroatoms. The van der Waals surface area contributed by atoms with E-state index in [4.69, 9.17) is 5.11 Å². The molecule has 0 unspecified atom stereocenters. The first-order chi connectivity index (χ1) is 7.01. The van der Waals surface area contributed by atoms with Gasteiger partial charge in [-0.2, -0.15) is 0 Å². The van der Waals surface area contributed by atoms with E-state index in [-0.39, 0.29) is 12.4 Å². The van der Waals surface area contributed by atoms with E-state index in [1.54, 1.807) is 12.1 Å². The van der Waals surface area contributed by atoms with Gasteiger partial charge in [0.05, 0.1) is 6.26 Å². The summed E-state index contributed by atoms with van der Waals surface area (Å²) in [5, 5.41) is 8.47. The fourth-order valence-electron chi connectivity index (χ4n) is 0.881. The summed E-state index contributed by atoms with van der Waals surface area (Å²) in [4.78, 5) is 3.92. The molecule has 0 amide bonds. The Hall–Kier alpha value is -1.58. The molecule has 1 aromatic heterocycles. The van der Waals surface area contributed by atoms with Gasteiger partial charge in [0.25, 0.3) is 0 Å². The van der Waals surface area contributed by atoms with Gasteiger partial charge in [0.1, 0.15) is 18.1 Å². The zero-order valence-corrected chi connectivity index (χ0v) is 8.87. The Morgan fingerprint density at radius 1 is 1.53 bits per heavy atom. The summed E-state index contributed by atoms with van der Waals surface area (Å²) in [7, 11) is -3.32. The highest BCUT2D eigenvalue weighted by Gasteiger charge is 2.02. The summed E-state index contributed by atoms with van der Waals surface area (Å²) in [5.41, 5.74) is 0.401. The molecule has 0 fully saturated rings. The summed E-state index contributed by atoms with van der Waals surface area (Å²) in [6.07, 6.45) is 1.04. The van der Waals surface area contributed by atoms with Crippen LogP contribution in [0, 0.1) is 11.8 Å². The molecule has 0 aliphatic carbocycles. The van der Waals surface area contributed by atoms with Gasteiger partial charge in [-0.05, 0) is 18.1 Å². The Morgan fingerprint density at radius 3 is 2.87 bits per heavy atom. The molecule has 0 aromatic carbocycles. The van der Waals surface area contributed by atoms with E-state index in [0.717, 1.165) is 6.26 Å². The molecule has 0 bridgehead atoms. The van der Waals surface area contributed by atoms with E-state index in [0.29, 0.717) is 5.69 Å². The lowest BCUT2D eigenvalue weighted by Crippen LogP contribution is -2.10. The number of aliphatic hydroxyl groups excluding tert-OH is 1. The fraction of sp³-hybridized carbons (Fsp3) is 0.222. The quantitative estimate of drug-likeness (QED) is 0.684. The zero-order chi connectivity index (χ0) is 11.3. The molecule has 1 heterocycles. The molecule has 15 heavy (non-hydrogen) atoms. The van der Waals surface area contributed by atoms with Crippen molar-refractivity contribution in [2.45, 2.75) is 0 Å². The Kier molecular flexibility index (Phi) is 3.66. The van der Waals surface area contributed by atoms with Gasteiger partial charge in [-0.25, -0.2) is 13.4 Å². The number of nitrogens with zero attached hydrogens (tertiary/aromatic N) is 1. The molecule has 0 saturated heterocycles. The summed E-state index contributed by atoms with van der Waals surface area (Å²) in [6.45, 7) is -0.259. The smallest absolute Gasteiger partial charge is 0.230 e. The maximum absolute atomic E-state index is 10.9. The molecular weight excluding hydrogens is 216 g/mol. The van der Waals surface area contributed by atoms with Crippen LogP contribution in [0.5, 0.6) is 0 Å². The molecule has 1 rings (SSSR count). The lowest BCUT2D eigenvalue weighted by atomic mass is 10.3. The second kappa shape index (κ2) is 4.77. The third-order valence-corrected chi connectivity index (χ3v) is 1.91. The average molecular weight is 226 g/mol. The molecule has 0 atom stereocenters. The number of aliphatic hydroxyl groups is 1. The number of anilines is 1. The zero-order valence-electron chi connectivity index (χ0n) is 8.06. The van der Waals surface area contributed by atoms with Gasteiger partial charge in [0, 0.05) is 0 Å². The molecule has 1 aromatic rings. The van der Waals surface area contributed by atoms with Crippen molar-refractivity contribution in [1.82, 2.24) is 4.98 Å². The van der Waals surface area contributed by atoms with E-state index >= 15 is 0 Å². The normalized spacial score (nSPS) is 10.3. The number of aromatic nitrogens is 1. The van der Waals surface area contributed by atoms with E-state index in [1.807, 2.05) is 0 Å². The number of hydrogen-bond acceptors (Lipinski definition) is 4. The first-order valence-corrected chi connectivity index (χ1v) is 5.95. The summed E-state index contributed by atoms with van der Waals surface area (Å²) in [5.74, 6) is 5.21. The molecule has 0 aliphatic heterocycles. The highest BCUT2D eigenvalue weighted by atomic mass is 32.2. The van der Waals surface area contributed by atoms with Gasteiger partial charge in [0.15, 0.2) is 0 Å². The van der Waals surface area contributed by atoms with Crippen LogP contribution in [0.15, 0.2) is 18.2 Å². The Morgan fingerprint density at radius 2 is 2.27 bits per heavy atom. The van der Waals surface area contributed by atoms with Crippen LogP contribution in [0.4, 0.5) is 5.82 Å². The van der Waals surface area contributed by atoms with Gasteiger partial charge >= 0.3 is 0 Å². The Labute approximate surface area is 88.2 Å². The number of nitrogens with one attached hydrogen (secondary N) is 1. The maximum Gasteiger partial charge on any atom is 0.230 e. The minimum atomic E-state index is -3.32. The van der Waals surface area contributed by atoms with E-state index in [2.05, 4.69) is 21.5 Å². The molecule has 80 valence electrons. The molecule has 5 nitrogen and oxygen atoms in total. The molecule has 2 N–H and O–H groups in total. The van der Waals surface area contributed by atoms with Crippen molar-refractivity contribution in [2.75, 3.05) is 17.6 Å². The summed E-state index contributed by atoms with van der Waals surface area (Å²) in [6, 6.07) is 4.77. The monoisotopic (exact) mass is 226 g/mol. The van der Waals surface area contributed by atoms with Crippen molar-refractivity contribution >= 4 is 15.8 Å². The molecule has 0 radical (unpaired) electrons. The van der Waals surface area contributed by atoms with E-state index in [9.17, 15) is 8.42 Å². The van der Waals surface area contributed by atoms with Crippen molar-refractivity contribution < 1.29 is 13.5 Å². The standard InChI is InChI=1S/C9H10N2O3S/c1-15(13,14)11-9-6-2-4-8(10-9)5-3-7-12/h2,4,6,12H,7H2,1H3,(H,10,11). The van der Waals surface area contributed by atoms with Crippen LogP contribution >= 0.6 is 0 Å². The summed E-state index contributed by atoms with van der Waals surface area (Å²) < 4.78 is 24.0. The lowest BCUT2D eigenvalue weighted by Gasteiger charge is -2.01. The van der Waals surface area contributed by atoms with Crippen LogP contribution in [0.1, 0.15) is 5.69 Å². The minimum Gasteiger partial charge on any atom is -0.384 e. The van der Waals surface area contributed by atoms with Crippen molar-refractivity contribution in [3.05, 3.63) is 23.9 Å². The highest BCUT2D eigenvalue weighted by molar-refractivity contribution is 7.92.